The number of halogens is 3. The number of nitrogens with two attached hydrogens (primary N) is 1. The standard InChI is InChI=1S/C11H19F3N2O3/c1-4-10(5-2,8(18)19)6-16-7(17)9(3,15)11(12,13)14/h4-6,15H2,1-3H3,(H,16,17)(H,18,19). The summed E-state index contributed by atoms with van der Waals surface area (Å²) in [5.74, 6) is -2.60. The van der Waals surface area contributed by atoms with Crippen LogP contribution in [0.25, 0.3) is 0 Å². The monoisotopic (exact) mass is 284 g/mol. The summed E-state index contributed by atoms with van der Waals surface area (Å²) in [4.78, 5) is 22.6. The van der Waals surface area contributed by atoms with Gasteiger partial charge in [0.15, 0.2) is 5.54 Å². The number of aliphatic carboxylic acids is 1. The van der Waals surface area contributed by atoms with Crippen LogP contribution in [0.5, 0.6) is 0 Å². The fourth-order valence-electron chi connectivity index (χ4n) is 1.44. The van der Waals surface area contributed by atoms with Crippen molar-refractivity contribution in [3.8, 4) is 0 Å². The van der Waals surface area contributed by atoms with Crippen molar-refractivity contribution in [2.75, 3.05) is 6.54 Å². The van der Waals surface area contributed by atoms with Crippen molar-refractivity contribution in [1.29, 1.82) is 0 Å². The SMILES string of the molecule is CCC(CC)(CNC(=O)C(C)(N)C(F)(F)F)C(=O)O. The second-order valence-corrected chi connectivity index (χ2v) is 4.68. The van der Waals surface area contributed by atoms with Crippen molar-refractivity contribution in [2.24, 2.45) is 11.1 Å². The molecule has 0 saturated heterocycles. The van der Waals surface area contributed by atoms with Crippen LogP contribution in [0.3, 0.4) is 0 Å². The molecule has 8 heteroatoms. The molecule has 0 aromatic rings. The van der Waals surface area contributed by atoms with Crippen LogP contribution < -0.4 is 11.1 Å². The van der Waals surface area contributed by atoms with Crippen molar-refractivity contribution in [3.05, 3.63) is 0 Å². The van der Waals surface area contributed by atoms with Crippen molar-refractivity contribution in [3.63, 3.8) is 0 Å². The molecule has 4 N–H and O–H groups in total. The zero-order chi connectivity index (χ0) is 15.5. The van der Waals surface area contributed by atoms with Crippen LogP contribution in [0.2, 0.25) is 0 Å². The van der Waals surface area contributed by atoms with E-state index in [1.165, 1.54) is 0 Å². The first-order valence-corrected chi connectivity index (χ1v) is 5.82. The summed E-state index contributed by atoms with van der Waals surface area (Å²) < 4.78 is 37.6. The number of nitrogens with one attached hydrogen (secondary N) is 1. The smallest absolute Gasteiger partial charge is 0.415 e. The van der Waals surface area contributed by atoms with Gasteiger partial charge in [0.1, 0.15) is 0 Å². The summed E-state index contributed by atoms with van der Waals surface area (Å²) in [5, 5.41) is 11.1. The maximum Gasteiger partial charge on any atom is 0.415 e. The molecular formula is C11H19F3N2O3. The van der Waals surface area contributed by atoms with Crippen LogP contribution in [-0.4, -0.2) is 35.2 Å². The van der Waals surface area contributed by atoms with Gasteiger partial charge >= 0.3 is 12.1 Å². The normalized spacial score (nSPS) is 15.7. The fraction of sp³-hybridized carbons (Fsp3) is 0.818. The van der Waals surface area contributed by atoms with Crippen molar-refractivity contribution < 1.29 is 27.9 Å². The van der Waals surface area contributed by atoms with E-state index >= 15 is 0 Å². The Kier molecular flexibility index (Phi) is 5.37. The van der Waals surface area contributed by atoms with Crippen molar-refractivity contribution >= 4 is 11.9 Å². The Morgan fingerprint density at radius 3 is 1.89 bits per heavy atom. The molecule has 0 aromatic heterocycles. The van der Waals surface area contributed by atoms with Gasteiger partial charge in [0.2, 0.25) is 5.91 Å². The molecule has 19 heavy (non-hydrogen) atoms. The topological polar surface area (TPSA) is 92.4 Å². The van der Waals surface area contributed by atoms with E-state index in [2.05, 4.69) is 0 Å². The number of amides is 1. The second-order valence-electron chi connectivity index (χ2n) is 4.68. The zero-order valence-electron chi connectivity index (χ0n) is 11.1. The summed E-state index contributed by atoms with van der Waals surface area (Å²) in [6, 6.07) is 0. The van der Waals surface area contributed by atoms with E-state index in [1.807, 2.05) is 5.32 Å². The van der Waals surface area contributed by atoms with Crippen molar-refractivity contribution in [1.82, 2.24) is 5.32 Å². The third-order valence-electron chi connectivity index (χ3n) is 3.46. The molecule has 1 unspecified atom stereocenters. The van der Waals surface area contributed by atoms with Gasteiger partial charge in [-0.25, -0.2) is 0 Å². The lowest BCUT2D eigenvalue weighted by atomic mass is 9.82. The molecule has 0 radical (unpaired) electrons. The number of carbonyl (C=O) groups excluding carboxylic acids is 1. The van der Waals surface area contributed by atoms with Crippen LogP contribution in [-0.2, 0) is 9.59 Å². The Balaban J connectivity index is 4.91. The van der Waals surface area contributed by atoms with E-state index in [-0.39, 0.29) is 12.8 Å². The van der Waals surface area contributed by atoms with E-state index in [1.54, 1.807) is 13.8 Å². The largest absolute Gasteiger partial charge is 0.481 e. The van der Waals surface area contributed by atoms with E-state index < -0.39 is 35.6 Å². The highest BCUT2D eigenvalue weighted by Crippen LogP contribution is 2.29. The third-order valence-corrected chi connectivity index (χ3v) is 3.46. The van der Waals surface area contributed by atoms with Crippen LogP contribution in [0.15, 0.2) is 0 Å². The first-order valence-electron chi connectivity index (χ1n) is 5.82. The molecular weight excluding hydrogens is 265 g/mol. The van der Waals surface area contributed by atoms with Gasteiger partial charge in [0.25, 0.3) is 0 Å². The first kappa shape index (κ1) is 17.7. The van der Waals surface area contributed by atoms with Crippen LogP contribution in [0.1, 0.15) is 33.6 Å². The van der Waals surface area contributed by atoms with Gasteiger partial charge in [-0.2, -0.15) is 13.2 Å². The van der Waals surface area contributed by atoms with Crippen molar-refractivity contribution in [2.45, 2.75) is 45.3 Å². The minimum absolute atomic E-state index is 0.187. The van der Waals surface area contributed by atoms with E-state index in [4.69, 9.17) is 10.8 Å². The Bertz CT molecular complexity index is 350. The lowest BCUT2D eigenvalue weighted by molar-refractivity contribution is -0.187. The summed E-state index contributed by atoms with van der Waals surface area (Å²) >= 11 is 0. The molecule has 0 bridgehead atoms. The quantitative estimate of drug-likeness (QED) is 0.685. The van der Waals surface area contributed by atoms with Crippen LogP contribution >= 0.6 is 0 Å². The molecule has 5 nitrogen and oxygen atoms in total. The van der Waals surface area contributed by atoms with Gasteiger partial charge < -0.3 is 16.2 Å². The molecule has 1 atom stereocenters. The minimum Gasteiger partial charge on any atom is -0.481 e. The fourth-order valence-corrected chi connectivity index (χ4v) is 1.44. The molecule has 0 saturated carbocycles. The Hall–Kier alpha value is -1.31. The molecule has 0 heterocycles. The summed E-state index contributed by atoms with van der Waals surface area (Å²) in [7, 11) is 0. The van der Waals surface area contributed by atoms with Gasteiger partial charge in [-0.05, 0) is 19.8 Å². The van der Waals surface area contributed by atoms with E-state index in [0.29, 0.717) is 6.92 Å². The number of rotatable bonds is 6. The molecule has 1 amide bonds. The Morgan fingerprint density at radius 1 is 1.21 bits per heavy atom. The van der Waals surface area contributed by atoms with E-state index in [0.717, 1.165) is 0 Å². The highest BCUT2D eigenvalue weighted by atomic mass is 19.4. The summed E-state index contributed by atoms with van der Waals surface area (Å²) in [5.41, 5.74) is 0.618. The minimum atomic E-state index is -4.90. The number of carboxylic acids is 1. The maximum absolute atomic E-state index is 12.5. The maximum atomic E-state index is 12.5. The molecule has 0 spiro atoms. The molecule has 0 aliphatic heterocycles. The highest BCUT2D eigenvalue weighted by Gasteiger charge is 2.54. The number of hydrogen-bond donors (Lipinski definition) is 3. The predicted octanol–water partition coefficient (Wildman–Crippen LogP) is 1.27. The summed E-state index contributed by atoms with van der Waals surface area (Å²) in [6.07, 6.45) is -4.53. The van der Waals surface area contributed by atoms with Gasteiger partial charge in [-0.15, -0.1) is 0 Å². The van der Waals surface area contributed by atoms with Gasteiger partial charge in [0.05, 0.1) is 5.41 Å². The molecule has 0 aliphatic rings. The lowest BCUT2D eigenvalue weighted by Crippen LogP contribution is -2.62. The van der Waals surface area contributed by atoms with Gasteiger partial charge in [-0.1, -0.05) is 13.8 Å². The number of hydrogen-bond acceptors (Lipinski definition) is 3. The first-order chi connectivity index (χ1) is 8.44. The number of alkyl halides is 3. The average molecular weight is 284 g/mol. The molecule has 0 rings (SSSR count). The zero-order valence-corrected chi connectivity index (χ0v) is 11.1. The second kappa shape index (κ2) is 5.77. The molecule has 112 valence electrons. The third kappa shape index (κ3) is 3.59. The molecule has 0 fully saturated rings. The Labute approximate surface area is 109 Å². The number of carboxylic acid groups (broad SMARTS) is 1. The Morgan fingerprint density at radius 2 is 1.63 bits per heavy atom. The predicted molar refractivity (Wildman–Crippen MR) is 62.3 cm³/mol. The molecule has 0 aliphatic carbocycles. The van der Waals surface area contributed by atoms with E-state index in [9.17, 15) is 22.8 Å². The van der Waals surface area contributed by atoms with Gasteiger partial charge in [0, 0.05) is 6.54 Å². The lowest BCUT2D eigenvalue weighted by Gasteiger charge is -2.30. The molecule has 0 aromatic carbocycles. The van der Waals surface area contributed by atoms with Gasteiger partial charge in [-0.3, -0.25) is 9.59 Å². The van der Waals surface area contributed by atoms with Crippen LogP contribution in [0.4, 0.5) is 13.2 Å². The highest BCUT2D eigenvalue weighted by molar-refractivity contribution is 5.87. The summed E-state index contributed by atoms with van der Waals surface area (Å²) in [6.45, 7) is 3.34. The number of carbonyl (C=O) groups is 2. The van der Waals surface area contributed by atoms with Crippen LogP contribution in [0, 0.1) is 5.41 Å². The average Bonchev–Trinajstić information content (AvgIpc) is 2.28.